The van der Waals surface area contributed by atoms with Crippen molar-refractivity contribution in [1.82, 2.24) is 0 Å². The summed E-state index contributed by atoms with van der Waals surface area (Å²) in [6.07, 6.45) is -0.814. The Morgan fingerprint density at radius 3 is 2.40 bits per heavy atom. The van der Waals surface area contributed by atoms with Crippen LogP contribution in [0.15, 0.2) is 53.5 Å². The zero-order valence-corrected chi connectivity index (χ0v) is 13.9. The van der Waals surface area contributed by atoms with Crippen molar-refractivity contribution in [2.45, 2.75) is 13.2 Å². The lowest BCUT2D eigenvalue weighted by Crippen LogP contribution is -2.20. The van der Waals surface area contributed by atoms with Gasteiger partial charge in [0.1, 0.15) is 0 Å². The number of nitrogens with one attached hydrogen (secondary N) is 1. The normalized spacial score (nSPS) is 12.4. The van der Waals surface area contributed by atoms with E-state index in [1.807, 2.05) is 0 Å². The molecule has 0 spiro atoms. The number of ether oxygens (including phenoxy) is 1. The van der Waals surface area contributed by atoms with Gasteiger partial charge in [-0.25, -0.2) is 4.79 Å². The third-order valence-electron chi connectivity index (χ3n) is 3.36. The zero-order chi connectivity index (χ0) is 18.4. The Bertz CT molecular complexity index is 800. The largest absolute Gasteiger partial charge is 0.478 e. The van der Waals surface area contributed by atoms with Gasteiger partial charge in [0.15, 0.2) is 6.23 Å². The van der Waals surface area contributed by atoms with Crippen LogP contribution in [-0.2, 0) is 9.53 Å². The van der Waals surface area contributed by atoms with Crippen LogP contribution in [0.4, 0.5) is 5.69 Å². The molecule has 2 aromatic rings. The van der Waals surface area contributed by atoms with Gasteiger partial charge in [-0.2, -0.15) is 0 Å². The number of aromatic carboxylic acids is 1. The average Bonchev–Trinajstić information content (AvgIpc) is 2.59. The Hall–Kier alpha value is -3.19. The summed E-state index contributed by atoms with van der Waals surface area (Å²) < 4.78 is 5.70. The highest BCUT2D eigenvalue weighted by molar-refractivity contribution is 5.96. The maximum Gasteiger partial charge on any atom is 0.335 e. The van der Waals surface area contributed by atoms with E-state index in [2.05, 4.69) is 10.3 Å². The van der Waals surface area contributed by atoms with Gasteiger partial charge in [0, 0.05) is 30.8 Å². The monoisotopic (exact) mass is 341 g/mol. The fraction of sp³-hybridized carbons (Fsp3) is 0.167. The molecule has 0 bridgehead atoms. The number of carbonyl (C=O) groups excluding carboxylic acids is 1. The van der Waals surface area contributed by atoms with E-state index in [1.54, 1.807) is 43.4 Å². The highest BCUT2D eigenvalue weighted by Gasteiger charge is 2.13. The molecule has 0 aliphatic rings. The van der Waals surface area contributed by atoms with Gasteiger partial charge in [-0.05, 0) is 30.3 Å². The smallest absolute Gasteiger partial charge is 0.335 e. The predicted octanol–water partition coefficient (Wildman–Crippen LogP) is 2.39. The first-order valence-electron chi connectivity index (χ1n) is 7.51. The van der Waals surface area contributed by atoms with Crippen molar-refractivity contribution in [2.75, 3.05) is 12.4 Å². The molecule has 0 saturated carbocycles. The Kier molecular flexibility index (Phi) is 5.86. The molecule has 1 amide bonds. The minimum Gasteiger partial charge on any atom is -0.478 e. The van der Waals surface area contributed by atoms with Crippen LogP contribution in [0.25, 0.3) is 0 Å². The fourth-order valence-electron chi connectivity index (χ4n) is 2.19. The number of hydrogen-bond donors (Lipinski definition) is 3. The third kappa shape index (κ3) is 4.89. The lowest BCUT2D eigenvalue weighted by Gasteiger charge is -2.17. The van der Waals surface area contributed by atoms with Gasteiger partial charge in [0.2, 0.25) is 11.8 Å². The Morgan fingerprint density at radius 1 is 1.16 bits per heavy atom. The summed E-state index contributed by atoms with van der Waals surface area (Å²) in [4.78, 5) is 26.2. The molecule has 2 rings (SSSR count). The Morgan fingerprint density at radius 2 is 1.84 bits per heavy atom. The van der Waals surface area contributed by atoms with Crippen LogP contribution in [0.3, 0.4) is 0 Å². The lowest BCUT2D eigenvalue weighted by molar-refractivity contribution is -0.114. The second-order valence-corrected chi connectivity index (χ2v) is 5.26. The maximum absolute atomic E-state index is 11.2. The van der Waals surface area contributed by atoms with Gasteiger partial charge in [-0.3, -0.25) is 15.5 Å². The highest BCUT2D eigenvalue weighted by atomic mass is 16.5. The van der Waals surface area contributed by atoms with E-state index in [1.165, 1.54) is 19.1 Å². The van der Waals surface area contributed by atoms with Crippen LogP contribution in [0.1, 0.15) is 34.6 Å². The number of aliphatic imine (C=N–C) groups is 1. The van der Waals surface area contributed by atoms with E-state index in [-0.39, 0.29) is 11.5 Å². The quantitative estimate of drug-likeness (QED) is 0.439. The van der Waals surface area contributed by atoms with Gasteiger partial charge in [-0.1, -0.05) is 18.2 Å². The maximum atomic E-state index is 11.2. The molecule has 0 aromatic heterocycles. The summed E-state index contributed by atoms with van der Waals surface area (Å²) in [7, 11) is 1.57. The van der Waals surface area contributed by atoms with E-state index in [4.69, 9.17) is 15.6 Å². The molecule has 0 aliphatic heterocycles. The average molecular weight is 341 g/mol. The molecule has 2 aromatic carbocycles. The molecule has 0 fully saturated rings. The van der Waals surface area contributed by atoms with E-state index in [0.717, 1.165) is 0 Å². The lowest BCUT2D eigenvalue weighted by atomic mass is 10.1. The van der Waals surface area contributed by atoms with Crippen molar-refractivity contribution in [3.8, 4) is 0 Å². The Balaban J connectivity index is 2.16. The van der Waals surface area contributed by atoms with Crippen molar-refractivity contribution >= 4 is 23.5 Å². The number of anilines is 1. The molecular weight excluding hydrogens is 322 g/mol. The first-order chi connectivity index (χ1) is 11.9. The summed E-state index contributed by atoms with van der Waals surface area (Å²) in [5.74, 6) is -0.878. The van der Waals surface area contributed by atoms with Crippen molar-refractivity contribution in [2.24, 2.45) is 10.7 Å². The van der Waals surface area contributed by atoms with Gasteiger partial charge in [-0.15, -0.1) is 0 Å². The van der Waals surface area contributed by atoms with Crippen LogP contribution >= 0.6 is 0 Å². The van der Waals surface area contributed by atoms with Crippen LogP contribution in [-0.4, -0.2) is 29.9 Å². The number of nitrogens with zero attached hydrogens (tertiary/aromatic N) is 1. The molecular formula is C18H19N3O4. The van der Waals surface area contributed by atoms with Crippen molar-refractivity contribution in [3.63, 3.8) is 0 Å². The van der Waals surface area contributed by atoms with E-state index >= 15 is 0 Å². The molecule has 4 N–H and O–H groups in total. The number of carboxylic acid groups (broad SMARTS) is 1. The second-order valence-electron chi connectivity index (χ2n) is 5.26. The van der Waals surface area contributed by atoms with Crippen molar-refractivity contribution < 1.29 is 19.4 Å². The number of amides is 1. The predicted molar refractivity (Wildman–Crippen MR) is 94.6 cm³/mol. The van der Waals surface area contributed by atoms with Crippen molar-refractivity contribution in [1.29, 1.82) is 0 Å². The molecule has 7 nitrogen and oxygen atoms in total. The molecule has 25 heavy (non-hydrogen) atoms. The van der Waals surface area contributed by atoms with Crippen LogP contribution < -0.4 is 11.1 Å². The van der Waals surface area contributed by atoms with E-state index in [0.29, 0.717) is 22.7 Å². The first-order valence-corrected chi connectivity index (χ1v) is 7.51. The van der Waals surface area contributed by atoms with E-state index < -0.39 is 12.2 Å². The number of carbonyl (C=O) groups is 2. The number of benzene rings is 2. The van der Waals surface area contributed by atoms with Crippen molar-refractivity contribution in [3.05, 3.63) is 65.2 Å². The number of rotatable bonds is 5. The summed E-state index contributed by atoms with van der Waals surface area (Å²) in [5, 5.41) is 11.6. The summed E-state index contributed by atoms with van der Waals surface area (Å²) in [6, 6.07) is 13.1. The molecule has 1 unspecified atom stereocenters. The Labute approximate surface area is 145 Å². The summed E-state index contributed by atoms with van der Waals surface area (Å²) >= 11 is 0. The van der Waals surface area contributed by atoms with Gasteiger partial charge in [0.25, 0.3) is 0 Å². The van der Waals surface area contributed by atoms with E-state index in [9.17, 15) is 9.59 Å². The minimum atomic E-state index is -1.01. The van der Waals surface area contributed by atoms with Gasteiger partial charge < -0.3 is 15.2 Å². The topological polar surface area (TPSA) is 114 Å². The van der Waals surface area contributed by atoms with Gasteiger partial charge >= 0.3 is 5.97 Å². The third-order valence-corrected chi connectivity index (χ3v) is 3.36. The molecule has 0 saturated heterocycles. The standard InChI is InChI=1S/C18H19N3O4/c1-11(22)21-15-5-3-4-14(10-15)17(20-2)25-16(19)12-6-8-13(9-7-12)18(23)24/h3-10,16H,19H2,1-2H3,(H,21,22)(H,23,24). The summed E-state index contributed by atoms with van der Waals surface area (Å²) in [6.45, 7) is 1.43. The molecule has 0 heterocycles. The number of carboxylic acids is 1. The highest BCUT2D eigenvalue weighted by Crippen LogP contribution is 2.18. The molecule has 7 heteroatoms. The second kappa shape index (κ2) is 8.07. The minimum absolute atomic E-state index is 0.170. The molecule has 1 atom stereocenters. The SMILES string of the molecule is CN=C(OC(N)c1ccc(C(=O)O)cc1)c1cccc(NC(C)=O)c1. The number of hydrogen-bond acceptors (Lipinski definition) is 5. The van der Waals surface area contributed by atoms with Gasteiger partial charge in [0.05, 0.1) is 5.56 Å². The molecule has 0 radical (unpaired) electrons. The first kappa shape index (κ1) is 18.2. The zero-order valence-electron chi connectivity index (χ0n) is 13.9. The molecule has 130 valence electrons. The summed E-state index contributed by atoms with van der Waals surface area (Å²) in [5.41, 5.74) is 8.10. The van der Waals surface area contributed by atoms with Crippen LogP contribution in [0.5, 0.6) is 0 Å². The molecule has 0 aliphatic carbocycles. The fourth-order valence-corrected chi connectivity index (χ4v) is 2.19. The number of nitrogens with two attached hydrogens (primary N) is 1. The van der Waals surface area contributed by atoms with Crippen LogP contribution in [0.2, 0.25) is 0 Å². The van der Waals surface area contributed by atoms with Crippen LogP contribution in [0, 0.1) is 0 Å².